The number of thiazole rings is 1. The van der Waals surface area contributed by atoms with Gasteiger partial charge in [0.25, 0.3) is 0 Å². The van der Waals surface area contributed by atoms with Crippen LogP contribution in [0.15, 0.2) is 42.6 Å². The number of hydrogen-bond donors (Lipinski definition) is 1. The van der Waals surface area contributed by atoms with E-state index in [2.05, 4.69) is 28.5 Å². The summed E-state index contributed by atoms with van der Waals surface area (Å²) >= 11 is 1.73. The summed E-state index contributed by atoms with van der Waals surface area (Å²) in [4.78, 5) is 10.5. The van der Waals surface area contributed by atoms with Crippen molar-refractivity contribution in [2.45, 2.75) is 25.4 Å². The Bertz CT molecular complexity index is 746. The highest BCUT2D eigenvalue weighted by Gasteiger charge is 2.20. The van der Waals surface area contributed by atoms with Crippen LogP contribution in [0.5, 0.6) is 0 Å². The fourth-order valence-corrected chi connectivity index (χ4v) is 3.06. The molecule has 4 heteroatoms. The van der Waals surface area contributed by atoms with Crippen LogP contribution in [-0.4, -0.2) is 16.0 Å². The predicted molar refractivity (Wildman–Crippen MR) is 82.7 cm³/mol. The number of para-hydroxylation sites is 1. The average Bonchev–Trinajstić information content (AvgIpc) is 3.21. The highest BCUT2D eigenvalue weighted by molar-refractivity contribution is 7.15. The monoisotopic (exact) mass is 281 g/mol. The molecule has 1 saturated carbocycles. The molecule has 1 fully saturated rings. The summed E-state index contributed by atoms with van der Waals surface area (Å²) in [5.74, 6) is 0. The Balaban J connectivity index is 1.60. The van der Waals surface area contributed by atoms with E-state index < -0.39 is 0 Å². The molecule has 1 N–H and O–H groups in total. The van der Waals surface area contributed by atoms with Crippen molar-refractivity contribution in [2.75, 3.05) is 0 Å². The molecule has 2 aromatic heterocycles. The van der Waals surface area contributed by atoms with Crippen molar-refractivity contribution in [1.29, 1.82) is 0 Å². The minimum Gasteiger partial charge on any atom is -0.309 e. The van der Waals surface area contributed by atoms with Gasteiger partial charge in [-0.15, -0.1) is 11.3 Å². The Morgan fingerprint density at radius 1 is 1.15 bits per heavy atom. The minimum absolute atomic E-state index is 0.736. The molecular weight excluding hydrogens is 266 g/mol. The van der Waals surface area contributed by atoms with Crippen molar-refractivity contribution >= 4 is 22.2 Å². The van der Waals surface area contributed by atoms with E-state index in [0.717, 1.165) is 28.8 Å². The molecule has 3 nitrogen and oxygen atoms in total. The van der Waals surface area contributed by atoms with E-state index in [1.807, 2.05) is 24.4 Å². The highest BCUT2D eigenvalue weighted by atomic mass is 32.1. The van der Waals surface area contributed by atoms with E-state index in [1.54, 1.807) is 11.3 Å². The molecule has 0 bridgehead atoms. The summed E-state index contributed by atoms with van der Waals surface area (Å²) in [6.45, 7) is 0.927. The number of hydrogen-bond acceptors (Lipinski definition) is 4. The summed E-state index contributed by atoms with van der Waals surface area (Å²) in [5, 5.41) is 5.69. The second kappa shape index (κ2) is 4.96. The first-order chi connectivity index (χ1) is 9.88. The molecule has 20 heavy (non-hydrogen) atoms. The highest BCUT2D eigenvalue weighted by Crippen LogP contribution is 2.26. The van der Waals surface area contributed by atoms with Crippen LogP contribution in [0.4, 0.5) is 0 Å². The maximum atomic E-state index is 4.69. The van der Waals surface area contributed by atoms with Gasteiger partial charge >= 0.3 is 0 Å². The van der Waals surface area contributed by atoms with Gasteiger partial charge in [0.05, 0.1) is 11.2 Å². The molecule has 1 aliphatic carbocycles. The van der Waals surface area contributed by atoms with Gasteiger partial charge in [0, 0.05) is 29.0 Å². The van der Waals surface area contributed by atoms with Gasteiger partial charge in [0.1, 0.15) is 5.01 Å². The van der Waals surface area contributed by atoms with Crippen molar-refractivity contribution in [1.82, 2.24) is 15.3 Å². The zero-order chi connectivity index (χ0) is 13.4. The molecule has 0 amide bonds. The van der Waals surface area contributed by atoms with Crippen LogP contribution in [0, 0.1) is 0 Å². The summed E-state index contributed by atoms with van der Waals surface area (Å²) in [5.41, 5.74) is 1.99. The molecule has 1 aromatic carbocycles. The van der Waals surface area contributed by atoms with Crippen molar-refractivity contribution in [3.8, 4) is 10.7 Å². The van der Waals surface area contributed by atoms with Crippen LogP contribution in [-0.2, 0) is 6.54 Å². The van der Waals surface area contributed by atoms with Crippen molar-refractivity contribution in [3.63, 3.8) is 0 Å². The summed E-state index contributed by atoms with van der Waals surface area (Å²) < 4.78 is 0. The first-order valence-electron chi connectivity index (χ1n) is 6.93. The van der Waals surface area contributed by atoms with Gasteiger partial charge in [-0.25, -0.2) is 9.97 Å². The Hall–Kier alpha value is -1.78. The molecule has 2 heterocycles. The normalized spacial score (nSPS) is 14.8. The second-order valence-electron chi connectivity index (χ2n) is 5.18. The number of aromatic nitrogens is 2. The second-order valence-corrected chi connectivity index (χ2v) is 6.29. The Kier molecular flexibility index (Phi) is 2.98. The topological polar surface area (TPSA) is 37.8 Å². The van der Waals surface area contributed by atoms with Crippen LogP contribution >= 0.6 is 11.3 Å². The number of rotatable bonds is 4. The summed E-state index contributed by atoms with van der Waals surface area (Å²) in [6.07, 6.45) is 4.60. The van der Waals surface area contributed by atoms with E-state index in [-0.39, 0.29) is 0 Å². The van der Waals surface area contributed by atoms with Crippen LogP contribution < -0.4 is 5.32 Å². The summed E-state index contributed by atoms with van der Waals surface area (Å²) in [6, 6.07) is 13.1. The van der Waals surface area contributed by atoms with Crippen molar-refractivity contribution in [2.24, 2.45) is 0 Å². The van der Waals surface area contributed by atoms with Gasteiger partial charge in [0.15, 0.2) is 0 Å². The van der Waals surface area contributed by atoms with Crippen LogP contribution in [0.2, 0.25) is 0 Å². The lowest BCUT2D eigenvalue weighted by atomic mass is 10.2. The third kappa shape index (κ3) is 2.44. The van der Waals surface area contributed by atoms with E-state index >= 15 is 0 Å². The fourth-order valence-electron chi connectivity index (χ4n) is 2.23. The molecule has 1 aliphatic rings. The molecule has 4 rings (SSSR count). The van der Waals surface area contributed by atoms with Crippen LogP contribution in [0.3, 0.4) is 0 Å². The van der Waals surface area contributed by atoms with Gasteiger partial charge in [-0.3, -0.25) is 0 Å². The van der Waals surface area contributed by atoms with Crippen molar-refractivity contribution in [3.05, 3.63) is 47.5 Å². The van der Waals surface area contributed by atoms with Gasteiger partial charge in [0.2, 0.25) is 0 Å². The largest absolute Gasteiger partial charge is 0.309 e. The maximum Gasteiger partial charge on any atom is 0.142 e. The summed E-state index contributed by atoms with van der Waals surface area (Å²) in [7, 11) is 0. The van der Waals surface area contributed by atoms with E-state index in [9.17, 15) is 0 Å². The Morgan fingerprint density at radius 3 is 2.95 bits per heavy atom. The van der Waals surface area contributed by atoms with Crippen molar-refractivity contribution < 1.29 is 0 Å². The molecule has 0 unspecified atom stereocenters. The average molecular weight is 281 g/mol. The van der Waals surface area contributed by atoms with Crippen LogP contribution in [0.1, 0.15) is 17.7 Å². The third-order valence-electron chi connectivity index (χ3n) is 3.51. The fraction of sp³-hybridized carbons (Fsp3) is 0.250. The Labute approximate surface area is 121 Å². The predicted octanol–water partition coefficient (Wildman–Crippen LogP) is 3.61. The number of fused-ring (bicyclic) bond motifs is 1. The zero-order valence-corrected chi connectivity index (χ0v) is 11.9. The minimum atomic E-state index is 0.736. The van der Waals surface area contributed by atoms with Gasteiger partial charge in [-0.05, 0) is 25.0 Å². The first kappa shape index (κ1) is 12.0. The zero-order valence-electron chi connectivity index (χ0n) is 11.0. The standard InChI is InChI=1S/C16H15N3S/c1-2-4-14-11(3-1)5-8-15(19-14)16-18-10-13(20-16)9-17-12-6-7-12/h1-5,8,10,12,17H,6-7,9H2. The Morgan fingerprint density at radius 2 is 2.05 bits per heavy atom. The van der Waals surface area contributed by atoms with E-state index in [0.29, 0.717) is 0 Å². The molecule has 0 spiro atoms. The third-order valence-corrected chi connectivity index (χ3v) is 4.53. The molecule has 0 radical (unpaired) electrons. The molecule has 0 atom stereocenters. The number of benzene rings is 1. The smallest absolute Gasteiger partial charge is 0.142 e. The maximum absolute atomic E-state index is 4.69. The van der Waals surface area contributed by atoms with Gasteiger partial charge in [-0.2, -0.15) is 0 Å². The van der Waals surface area contributed by atoms with Gasteiger partial charge in [-0.1, -0.05) is 24.3 Å². The number of nitrogens with one attached hydrogen (secondary N) is 1. The quantitative estimate of drug-likeness (QED) is 0.794. The molecule has 100 valence electrons. The lowest BCUT2D eigenvalue weighted by molar-refractivity contribution is 0.694. The first-order valence-corrected chi connectivity index (χ1v) is 7.74. The molecule has 0 aliphatic heterocycles. The van der Waals surface area contributed by atoms with E-state index in [4.69, 9.17) is 4.98 Å². The number of nitrogens with zero attached hydrogens (tertiary/aromatic N) is 2. The SMILES string of the molecule is c1ccc2nc(-c3ncc(CNC4CC4)s3)ccc2c1. The molecule has 3 aromatic rings. The molecular formula is C16H15N3S. The molecule has 0 saturated heterocycles. The van der Waals surface area contributed by atoms with Crippen LogP contribution in [0.25, 0.3) is 21.6 Å². The van der Waals surface area contributed by atoms with E-state index in [1.165, 1.54) is 23.1 Å². The number of pyridine rings is 1. The van der Waals surface area contributed by atoms with Gasteiger partial charge < -0.3 is 5.32 Å². The lowest BCUT2D eigenvalue weighted by Crippen LogP contribution is -2.14. The lowest BCUT2D eigenvalue weighted by Gasteiger charge is -2.00.